The van der Waals surface area contributed by atoms with Gasteiger partial charge in [-0.3, -0.25) is 4.79 Å². The van der Waals surface area contributed by atoms with Crippen LogP contribution in [-0.2, 0) is 28.5 Å². The zero-order chi connectivity index (χ0) is 40.2. The standard InChI is InChI=1S/C45H74O10/c1-3-5-7-9-11-13-15-17-19-21-23-25-27-29-31-33-40(47)52-36-38(37-53-45-44(51)43(50)42(49)39(35-46)55-45)54-41(48)34-32-30-28-26-24-22-20-18-16-14-12-10-8-6-4-2/h5,7,9,11,13,15,17,19,28,30,32,34,38-39,42-46,49-51H,3-4,6,8,10,12,14,16,18,20-27,29,31,33,35-37H2,1-2H3/b7-5+,11-9+,15-13+,19-17+,30-28+,34-32+/t38-,39-,42+,43?,44?,45-/m0/s1. The van der Waals surface area contributed by atoms with Crippen molar-refractivity contribution in [1.82, 2.24) is 0 Å². The molecule has 0 amide bonds. The molecule has 2 unspecified atom stereocenters. The van der Waals surface area contributed by atoms with Gasteiger partial charge in [-0.2, -0.15) is 0 Å². The van der Waals surface area contributed by atoms with Crippen LogP contribution in [0.4, 0.5) is 0 Å². The van der Waals surface area contributed by atoms with Gasteiger partial charge in [0, 0.05) is 12.5 Å². The third-order valence-electron chi connectivity index (χ3n) is 9.28. The van der Waals surface area contributed by atoms with Crippen LogP contribution in [0, 0.1) is 0 Å². The van der Waals surface area contributed by atoms with E-state index in [1.54, 1.807) is 12.2 Å². The van der Waals surface area contributed by atoms with Crippen molar-refractivity contribution in [2.45, 2.75) is 179 Å². The first-order valence-corrected chi connectivity index (χ1v) is 21.1. The van der Waals surface area contributed by atoms with E-state index >= 15 is 0 Å². The Balaban J connectivity index is 2.44. The van der Waals surface area contributed by atoms with Gasteiger partial charge in [0.1, 0.15) is 31.0 Å². The van der Waals surface area contributed by atoms with Crippen LogP contribution < -0.4 is 0 Å². The lowest BCUT2D eigenvalue weighted by Crippen LogP contribution is -2.59. The van der Waals surface area contributed by atoms with Gasteiger partial charge in [-0.05, 0) is 38.5 Å². The number of esters is 2. The van der Waals surface area contributed by atoms with Crippen LogP contribution in [0.3, 0.4) is 0 Å². The number of carbonyl (C=O) groups is 2. The van der Waals surface area contributed by atoms with E-state index in [1.165, 1.54) is 70.3 Å². The second kappa shape index (κ2) is 35.5. The average Bonchev–Trinajstić information content (AvgIpc) is 3.18. The fourth-order valence-electron chi connectivity index (χ4n) is 5.93. The number of ether oxygens (including phenoxy) is 4. The summed E-state index contributed by atoms with van der Waals surface area (Å²) in [5.74, 6) is -1.09. The number of aliphatic hydroxyl groups excluding tert-OH is 4. The van der Waals surface area contributed by atoms with E-state index in [0.717, 1.165) is 51.4 Å². The van der Waals surface area contributed by atoms with E-state index in [2.05, 4.69) is 32.1 Å². The molecule has 10 heteroatoms. The Morgan fingerprint density at radius 3 is 1.73 bits per heavy atom. The van der Waals surface area contributed by atoms with Crippen molar-refractivity contribution in [1.29, 1.82) is 0 Å². The summed E-state index contributed by atoms with van der Waals surface area (Å²) in [6, 6.07) is 0. The maximum Gasteiger partial charge on any atom is 0.331 e. The molecule has 0 aromatic rings. The first-order chi connectivity index (χ1) is 26.8. The van der Waals surface area contributed by atoms with E-state index in [-0.39, 0.29) is 19.6 Å². The summed E-state index contributed by atoms with van der Waals surface area (Å²) in [6.07, 6.45) is 36.8. The molecule has 1 aliphatic rings. The van der Waals surface area contributed by atoms with Crippen LogP contribution >= 0.6 is 0 Å². The molecule has 1 rings (SSSR count). The lowest BCUT2D eigenvalue weighted by atomic mass is 9.99. The van der Waals surface area contributed by atoms with Crippen molar-refractivity contribution >= 4 is 11.9 Å². The van der Waals surface area contributed by atoms with E-state index < -0.39 is 55.4 Å². The monoisotopic (exact) mass is 775 g/mol. The van der Waals surface area contributed by atoms with Crippen LogP contribution in [0.25, 0.3) is 0 Å². The molecule has 0 spiro atoms. The third kappa shape index (κ3) is 27.4. The smallest absolute Gasteiger partial charge is 0.331 e. The minimum atomic E-state index is -1.62. The van der Waals surface area contributed by atoms with E-state index in [1.807, 2.05) is 36.5 Å². The number of rotatable bonds is 33. The van der Waals surface area contributed by atoms with Gasteiger partial charge in [-0.15, -0.1) is 0 Å². The summed E-state index contributed by atoms with van der Waals surface area (Å²) in [4.78, 5) is 25.1. The minimum Gasteiger partial charge on any atom is -0.462 e. The lowest BCUT2D eigenvalue weighted by molar-refractivity contribution is -0.305. The van der Waals surface area contributed by atoms with Gasteiger partial charge in [0.25, 0.3) is 0 Å². The highest BCUT2D eigenvalue weighted by Gasteiger charge is 2.44. The molecule has 0 aromatic heterocycles. The molecule has 0 aromatic carbocycles. The molecule has 55 heavy (non-hydrogen) atoms. The molecule has 1 heterocycles. The number of hydrogen-bond acceptors (Lipinski definition) is 10. The Bertz CT molecular complexity index is 1120. The van der Waals surface area contributed by atoms with Crippen LogP contribution in [0.2, 0.25) is 0 Å². The van der Waals surface area contributed by atoms with Crippen LogP contribution in [-0.4, -0.2) is 89.0 Å². The fourth-order valence-corrected chi connectivity index (χ4v) is 5.93. The van der Waals surface area contributed by atoms with Gasteiger partial charge in [-0.25, -0.2) is 4.79 Å². The Hall–Kier alpha value is -2.86. The van der Waals surface area contributed by atoms with Crippen molar-refractivity contribution in [3.05, 3.63) is 72.9 Å². The van der Waals surface area contributed by atoms with Crippen molar-refractivity contribution in [3.63, 3.8) is 0 Å². The van der Waals surface area contributed by atoms with Crippen LogP contribution in [0.15, 0.2) is 72.9 Å². The molecule has 0 saturated carbocycles. The molecule has 4 N–H and O–H groups in total. The predicted octanol–water partition coefficient (Wildman–Crippen LogP) is 8.44. The Kier molecular flexibility index (Phi) is 32.4. The minimum absolute atomic E-state index is 0.226. The molecule has 6 atom stereocenters. The maximum absolute atomic E-state index is 12.6. The van der Waals surface area contributed by atoms with E-state index in [4.69, 9.17) is 18.9 Å². The van der Waals surface area contributed by atoms with Gasteiger partial charge >= 0.3 is 11.9 Å². The fraction of sp³-hybridized carbons (Fsp3) is 0.689. The normalized spacial score (nSPS) is 21.3. The number of unbranched alkanes of at least 4 members (excludes halogenated alkanes) is 16. The highest BCUT2D eigenvalue weighted by atomic mass is 16.7. The summed E-state index contributed by atoms with van der Waals surface area (Å²) < 4.78 is 21.9. The molecule has 0 radical (unpaired) electrons. The summed E-state index contributed by atoms with van der Waals surface area (Å²) in [7, 11) is 0. The largest absolute Gasteiger partial charge is 0.462 e. The molecular formula is C45H74O10. The van der Waals surface area contributed by atoms with Gasteiger partial charge in [0.15, 0.2) is 12.4 Å². The molecule has 10 nitrogen and oxygen atoms in total. The first kappa shape index (κ1) is 50.2. The summed E-state index contributed by atoms with van der Waals surface area (Å²) in [6.45, 7) is 3.13. The summed E-state index contributed by atoms with van der Waals surface area (Å²) in [5.41, 5.74) is 0. The van der Waals surface area contributed by atoms with E-state index in [0.29, 0.717) is 6.42 Å². The molecule has 0 aliphatic carbocycles. The topological polar surface area (TPSA) is 152 Å². The van der Waals surface area contributed by atoms with Gasteiger partial charge in [-0.1, -0.05) is 164 Å². The third-order valence-corrected chi connectivity index (χ3v) is 9.28. The van der Waals surface area contributed by atoms with Crippen LogP contribution in [0.5, 0.6) is 0 Å². The zero-order valence-electron chi connectivity index (χ0n) is 33.9. The van der Waals surface area contributed by atoms with Crippen molar-refractivity contribution < 1.29 is 49.0 Å². The number of aliphatic hydroxyl groups is 4. The Morgan fingerprint density at radius 1 is 0.618 bits per heavy atom. The van der Waals surface area contributed by atoms with Gasteiger partial charge < -0.3 is 39.4 Å². The summed E-state index contributed by atoms with van der Waals surface area (Å²) >= 11 is 0. The number of allylic oxidation sites excluding steroid dienone is 11. The second-order valence-corrected chi connectivity index (χ2v) is 14.2. The quantitative estimate of drug-likeness (QED) is 0.0221. The Morgan fingerprint density at radius 2 is 1.15 bits per heavy atom. The van der Waals surface area contributed by atoms with Crippen molar-refractivity contribution in [3.8, 4) is 0 Å². The lowest BCUT2D eigenvalue weighted by Gasteiger charge is -2.39. The van der Waals surface area contributed by atoms with Crippen molar-refractivity contribution in [2.75, 3.05) is 19.8 Å². The molecule has 1 saturated heterocycles. The van der Waals surface area contributed by atoms with Crippen molar-refractivity contribution in [2.24, 2.45) is 0 Å². The first-order valence-electron chi connectivity index (χ1n) is 21.1. The second-order valence-electron chi connectivity index (χ2n) is 14.2. The van der Waals surface area contributed by atoms with Gasteiger partial charge in [0.2, 0.25) is 0 Å². The summed E-state index contributed by atoms with van der Waals surface area (Å²) in [5, 5.41) is 40.0. The molecular weight excluding hydrogens is 700 g/mol. The highest BCUT2D eigenvalue weighted by molar-refractivity contribution is 5.82. The van der Waals surface area contributed by atoms with Crippen LogP contribution in [0.1, 0.15) is 142 Å². The molecule has 1 fully saturated rings. The average molecular weight is 775 g/mol. The van der Waals surface area contributed by atoms with Gasteiger partial charge in [0.05, 0.1) is 13.2 Å². The highest BCUT2D eigenvalue weighted by Crippen LogP contribution is 2.22. The Labute approximate surface area is 332 Å². The number of hydrogen-bond donors (Lipinski definition) is 4. The molecule has 1 aliphatic heterocycles. The molecule has 0 bridgehead atoms. The van der Waals surface area contributed by atoms with E-state index in [9.17, 15) is 30.0 Å². The number of carbonyl (C=O) groups excluding carboxylic acids is 2. The predicted molar refractivity (Wildman–Crippen MR) is 219 cm³/mol. The maximum atomic E-state index is 12.6. The SMILES string of the molecule is CC/C=C/C=C/C=C/C=C/CCCCCCCC(=O)OC[C@@H](CO[C@H]1O[C@@H](CO)[C@@H](O)C(O)C1O)OC(=O)/C=C/C=C/CCCCCCCCCCCCC. The zero-order valence-corrected chi connectivity index (χ0v) is 33.9. The molecule has 314 valence electrons.